The number of amides is 1. The Morgan fingerprint density at radius 1 is 0.867 bits per heavy atom. The molecule has 0 saturated heterocycles. The fraction of sp³-hybridized carbons (Fsp3) is 0.154. The van der Waals surface area contributed by atoms with Crippen molar-refractivity contribution in [1.29, 1.82) is 0 Å². The van der Waals surface area contributed by atoms with E-state index in [4.69, 9.17) is 4.42 Å². The second kappa shape index (κ2) is 7.99. The largest absolute Gasteiger partial charge is 0.456 e. The number of rotatable bonds is 4. The number of carbonyl (C=O) groups is 1. The molecule has 0 aliphatic carbocycles. The van der Waals surface area contributed by atoms with Crippen LogP contribution in [0.4, 0.5) is 0 Å². The second-order valence-electron chi connectivity index (χ2n) is 7.68. The summed E-state index contributed by atoms with van der Waals surface area (Å²) in [5.74, 6) is 0.347. The molecule has 0 saturated carbocycles. The van der Waals surface area contributed by atoms with Gasteiger partial charge in [0.2, 0.25) is 0 Å². The first-order valence-corrected chi connectivity index (χ1v) is 9.90. The van der Waals surface area contributed by atoms with Crippen LogP contribution in [-0.4, -0.2) is 5.91 Å². The molecule has 0 aliphatic rings. The van der Waals surface area contributed by atoms with Gasteiger partial charge in [0.15, 0.2) is 5.43 Å². The van der Waals surface area contributed by atoms with Crippen molar-refractivity contribution in [1.82, 2.24) is 5.32 Å². The Bertz CT molecular complexity index is 1280. The maximum absolute atomic E-state index is 12.6. The van der Waals surface area contributed by atoms with Gasteiger partial charge in [-0.3, -0.25) is 9.59 Å². The van der Waals surface area contributed by atoms with Crippen LogP contribution in [0.5, 0.6) is 0 Å². The van der Waals surface area contributed by atoms with E-state index in [-0.39, 0.29) is 11.3 Å². The smallest absolute Gasteiger partial charge is 0.251 e. The standard InChI is InChI=1S/C26H23NO3/c1-16-4-6-19(7-5-16)15-27-26(29)21-10-8-20(9-11-21)24-14-23(28)22-13-17(2)12-18(3)25(22)30-24/h4-14H,15H2,1-3H3,(H,27,29). The Hall–Kier alpha value is -3.66. The van der Waals surface area contributed by atoms with E-state index >= 15 is 0 Å². The van der Waals surface area contributed by atoms with Gasteiger partial charge in [-0.1, -0.05) is 48.0 Å². The number of carbonyl (C=O) groups excluding carboxylic acids is 1. The summed E-state index contributed by atoms with van der Waals surface area (Å²) in [6.07, 6.45) is 0. The number of hydrogen-bond acceptors (Lipinski definition) is 3. The maximum Gasteiger partial charge on any atom is 0.251 e. The molecule has 30 heavy (non-hydrogen) atoms. The molecule has 0 bridgehead atoms. The van der Waals surface area contributed by atoms with Crippen LogP contribution in [0, 0.1) is 20.8 Å². The molecule has 4 aromatic rings. The highest BCUT2D eigenvalue weighted by Gasteiger charge is 2.11. The molecular weight excluding hydrogens is 374 g/mol. The van der Waals surface area contributed by atoms with Crippen molar-refractivity contribution in [3.05, 3.63) is 105 Å². The van der Waals surface area contributed by atoms with Crippen LogP contribution in [0.15, 0.2) is 75.9 Å². The molecule has 1 amide bonds. The molecule has 0 atom stereocenters. The number of nitrogens with one attached hydrogen (secondary N) is 1. The molecule has 0 spiro atoms. The lowest BCUT2D eigenvalue weighted by Crippen LogP contribution is -2.22. The van der Waals surface area contributed by atoms with Crippen molar-refractivity contribution in [2.75, 3.05) is 0 Å². The molecule has 0 aliphatic heterocycles. The molecule has 0 radical (unpaired) electrons. The molecule has 4 nitrogen and oxygen atoms in total. The van der Waals surface area contributed by atoms with E-state index < -0.39 is 0 Å². The Morgan fingerprint density at radius 2 is 1.57 bits per heavy atom. The molecule has 4 rings (SSSR count). The van der Waals surface area contributed by atoms with Gasteiger partial charge in [0.25, 0.3) is 5.91 Å². The minimum absolute atomic E-state index is 0.0713. The lowest BCUT2D eigenvalue weighted by molar-refractivity contribution is 0.0951. The summed E-state index contributed by atoms with van der Waals surface area (Å²) in [5.41, 5.74) is 6.03. The zero-order valence-corrected chi connectivity index (χ0v) is 17.3. The van der Waals surface area contributed by atoms with Crippen LogP contribution in [0.25, 0.3) is 22.3 Å². The molecule has 1 N–H and O–H groups in total. The van der Waals surface area contributed by atoms with Gasteiger partial charge >= 0.3 is 0 Å². The van der Waals surface area contributed by atoms with Gasteiger partial charge in [0.1, 0.15) is 11.3 Å². The maximum atomic E-state index is 12.6. The van der Waals surface area contributed by atoms with Crippen molar-refractivity contribution in [3.8, 4) is 11.3 Å². The van der Waals surface area contributed by atoms with Gasteiger partial charge in [0, 0.05) is 23.7 Å². The highest BCUT2D eigenvalue weighted by atomic mass is 16.3. The summed E-state index contributed by atoms with van der Waals surface area (Å²) in [6.45, 7) is 6.40. The van der Waals surface area contributed by atoms with E-state index in [0.29, 0.717) is 28.8 Å². The fourth-order valence-electron chi connectivity index (χ4n) is 3.53. The molecular formula is C26H23NO3. The van der Waals surface area contributed by atoms with Crippen molar-refractivity contribution in [2.45, 2.75) is 27.3 Å². The van der Waals surface area contributed by atoms with E-state index in [1.165, 1.54) is 11.6 Å². The van der Waals surface area contributed by atoms with E-state index in [2.05, 4.69) is 5.32 Å². The summed E-state index contributed by atoms with van der Waals surface area (Å²) in [7, 11) is 0. The van der Waals surface area contributed by atoms with Gasteiger partial charge in [0.05, 0.1) is 5.39 Å². The van der Waals surface area contributed by atoms with E-state index in [0.717, 1.165) is 22.3 Å². The van der Waals surface area contributed by atoms with Gasteiger partial charge in [-0.2, -0.15) is 0 Å². The third-order valence-corrected chi connectivity index (χ3v) is 5.16. The highest BCUT2D eigenvalue weighted by molar-refractivity contribution is 5.94. The lowest BCUT2D eigenvalue weighted by atomic mass is 10.1. The third-order valence-electron chi connectivity index (χ3n) is 5.16. The van der Waals surface area contributed by atoms with Crippen LogP contribution in [-0.2, 0) is 6.54 Å². The Kier molecular flexibility index (Phi) is 5.23. The van der Waals surface area contributed by atoms with Gasteiger partial charge < -0.3 is 9.73 Å². The summed E-state index contributed by atoms with van der Waals surface area (Å²) in [6, 6.07) is 20.5. The van der Waals surface area contributed by atoms with E-state index in [1.54, 1.807) is 24.3 Å². The van der Waals surface area contributed by atoms with Gasteiger partial charge in [-0.05, 0) is 55.7 Å². The number of hydrogen-bond donors (Lipinski definition) is 1. The minimum Gasteiger partial charge on any atom is -0.456 e. The molecule has 0 unspecified atom stereocenters. The first kappa shape index (κ1) is 19.6. The summed E-state index contributed by atoms with van der Waals surface area (Å²) in [5, 5.41) is 3.51. The fourth-order valence-corrected chi connectivity index (χ4v) is 3.53. The Labute approximate surface area is 175 Å². The van der Waals surface area contributed by atoms with Crippen LogP contribution in [0.3, 0.4) is 0 Å². The first-order chi connectivity index (χ1) is 14.4. The van der Waals surface area contributed by atoms with Crippen molar-refractivity contribution in [3.63, 3.8) is 0 Å². The van der Waals surface area contributed by atoms with E-state index in [1.807, 2.05) is 57.2 Å². The predicted molar refractivity (Wildman–Crippen MR) is 120 cm³/mol. The Balaban J connectivity index is 1.55. The summed E-state index contributed by atoms with van der Waals surface area (Å²) in [4.78, 5) is 25.0. The first-order valence-electron chi connectivity index (χ1n) is 9.90. The van der Waals surface area contributed by atoms with Crippen molar-refractivity contribution < 1.29 is 9.21 Å². The molecule has 1 heterocycles. The predicted octanol–water partition coefficient (Wildman–Crippen LogP) is 5.32. The zero-order chi connectivity index (χ0) is 21.3. The van der Waals surface area contributed by atoms with Crippen molar-refractivity contribution in [2.24, 2.45) is 0 Å². The highest BCUT2D eigenvalue weighted by Crippen LogP contribution is 2.25. The Morgan fingerprint density at radius 3 is 2.27 bits per heavy atom. The third kappa shape index (κ3) is 4.03. The van der Waals surface area contributed by atoms with E-state index in [9.17, 15) is 9.59 Å². The quantitative estimate of drug-likeness (QED) is 0.507. The summed E-state index contributed by atoms with van der Waals surface area (Å²) >= 11 is 0. The summed E-state index contributed by atoms with van der Waals surface area (Å²) < 4.78 is 6.03. The molecule has 150 valence electrons. The zero-order valence-electron chi connectivity index (χ0n) is 17.3. The molecule has 1 aromatic heterocycles. The average molecular weight is 397 g/mol. The number of benzene rings is 3. The van der Waals surface area contributed by atoms with Crippen LogP contribution >= 0.6 is 0 Å². The topological polar surface area (TPSA) is 59.3 Å². The minimum atomic E-state index is -0.145. The number of fused-ring (bicyclic) bond motifs is 1. The SMILES string of the molecule is Cc1ccc(CNC(=O)c2ccc(-c3cc(=O)c4cc(C)cc(C)c4o3)cc2)cc1. The molecule has 0 fully saturated rings. The van der Waals surface area contributed by atoms with Gasteiger partial charge in [-0.25, -0.2) is 0 Å². The van der Waals surface area contributed by atoms with Crippen LogP contribution < -0.4 is 10.7 Å². The van der Waals surface area contributed by atoms with Crippen molar-refractivity contribution >= 4 is 16.9 Å². The number of aryl methyl sites for hydroxylation is 3. The normalized spacial score (nSPS) is 10.9. The van der Waals surface area contributed by atoms with Crippen LogP contribution in [0.2, 0.25) is 0 Å². The second-order valence-corrected chi connectivity index (χ2v) is 7.68. The molecule has 4 heteroatoms. The molecule has 3 aromatic carbocycles. The lowest BCUT2D eigenvalue weighted by Gasteiger charge is -2.08. The average Bonchev–Trinajstić information content (AvgIpc) is 2.74. The van der Waals surface area contributed by atoms with Crippen LogP contribution in [0.1, 0.15) is 32.6 Å². The van der Waals surface area contributed by atoms with Gasteiger partial charge in [-0.15, -0.1) is 0 Å². The monoisotopic (exact) mass is 397 g/mol.